The fraction of sp³-hybridized carbons (Fsp3) is 0.647. The molecule has 9 heteroatoms. The number of halogens is 3. The monoisotopic (exact) mass is 393 g/mol. The molecule has 1 aliphatic carbocycles. The first kappa shape index (κ1) is 19.4. The van der Waals surface area contributed by atoms with Crippen molar-refractivity contribution in [1.82, 2.24) is 4.31 Å². The third-order valence-corrected chi connectivity index (χ3v) is 7.28. The molecule has 26 heavy (non-hydrogen) atoms. The standard InChI is InChI=1S/C17H22F3NO4S/c1-15(2)9-16(11-24-3)10-21(8-14(15)16)26(22,23)13-6-4-5-12(7-13)25-17(18,19)20/h4-7,14H,8-11H2,1-3H3/t14-,16-/m1/s1. The summed E-state index contributed by atoms with van der Waals surface area (Å²) in [5.41, 5.74) is -0.227. The van der Waals surface area contributed by atoms with E-state index in [4.69, 9.17) is 4.74 Å². The number of sulfonamides is 1. The lowest BCUT2D eigenvalue weighted by Gasteiger charge is -2.56. The second-order valence-corrected chi connectivity index (χ2v) is 9.77. The summed E-state index contributed by atoms with van der Waals surface area (Å²) in [6, 6.07) is 4.52. The molecule has 3 rings (SSSR count). The smallest absolute Gasteiger partial charge is 0.406 e. The largest absolute Gasteiger partial charge is 0.573 e. The summed E-state index contributed by atoms with van der Waals surface area (Å²) >= 11 is 0. The summed E-state index contributed by atoms with van der Waals surface area (Å²) in [6.07, 6.45) is -4.02. The third kappa shape index (κ3) is 3.32. The number of hydrogen-bond acceptors (Lipinski definition) is 4. The molecule has 1 saturated carbocycles. The van der Waals surface area contributed by atoms with Crippen LogP contribution in [-0.4, -0.2) is 45.9 Å². The van der Waals surface area contributed by atoms with E-state index in [0.29, 0.717) is 19.7 Å². The van der Waals surface area contributed by atoms with Gasteiger partial charge < -0.3 is 9.47 Å². The molecule has 1 aromatic rings. The number of nitrogens with zero attached hydrogens (tertiary/aromatic N) is 1. The molecule has 0 spiro atoms. The van der Waals surface area contributed by atoms with Crippen LogP contribution in [0.4, 0.5) is 13.2 Å². The van der Waals surface area contributed by atoms with E-state index in [2.05, 4.69) is 18.6 Å². The van der Waals surface area contributed by atoms with E-state index in [1.54, 1.807) is 7.11 Å². The SMILES string of the molecule is COC[C@@]12CN(S(=O)(=O)c3cccc(OC(F)(F)F)c3)C[C@@H]1C(C)(C)C2. The lowest BCUT2D eigenvalue weighted by atomic mass is 9.48. The van der Waals surface area contributed by atoms with E-state index in [9.17, 15) is 21.6 Å². The Kier molecular flexibility index (Phi) is 4.56. The molecule has 2 fully saturated rings. The summed E-state index contributed by atoms with van der Waals surface area (Å²) in [5, 5.41) is 0. The van der Waals surface area contributed by atoms with Gasteiger partial charge in [-0.2, -0.15) is 4.31 Å². The summed E-state index contributed by atoms with van der Waals surface area (Å²) in [7, 11) is -2.33. The Labute approximate surface area is 151 Å². The molecule has 2 atom stereocenters. The highest BCUT2D eigenvalue weighted by atomic mass is 32.2. The summed E-state index contributed by atoms with van der Waals surface area (Å²) < 4.78 is 73.7. The second-order valence-electron chi connectivity index (χ2n) is 7.83. The maximum absolute atomic E-state index is 13.0. The Morgan fingerprint density at radius 2 is 2.00 bits per heavy atom. The summed E-state index contributed by atoms with van der Waals surface area (Å²) in [5.74, 6) is -0.396. The molecule has 0 N–H and O–H groups in total. The Morgan fingerprint density at radius 3 is 2.58 bits per heavy atom. The Morgan fingerprint density at radius 1 is 1.31 bits per heavy atom. The van der Waals surface area contributed by atoms with Gasteiger partial charge in [0, 0.05) is 31.7 Å². The molecule has 0 radical (unpaired) electrons. The van der Waals surface area contributed by atoms with Gasteiger partial charge in [-0.05, 0) is 29.9 Å². The Bertz CT molecular complexity index is 793. The predicted octanol–water partition coefficient (Wildman–Crippen LogP) is 3.27. The molecule has 1 aliphatic heterocycles. The van der Waals surface area contributed by atoms with Crippen LogP contribution in [0.1, 0.15) is 20.3 Å². The maximum atomic E-state index is 13.0. The highest BCUT2D eigenvalue weighted by Gasteiger charge is 2.64. The second kappa shape index (κ2) is 6.10. The van der Waals surface area contributed by atoms with Crippen molar-refractivity contribution in [2.75, 3.05) is 26.8 Å². The Balaban J connectivity index is 1.87. The van der Waals surface area contributed by atoms with Crippen molar-refractivity contribution in [1.29, 1.82) is 0 Å². The van der Waals surface area contributed by atoms with E-state index in [1.807, 2.05) is 0 Å². The molecular formula is C17H22F3NO4S. The van der Waals surface area contributed by atoms with Gasteiger partial charge in [0.1, 0.15) is 5.75 Å². The van der Waals surface area contributed by atoms with Crippen LogP contribution in [0.2, 0.25) is 0 Å². The number of benzene rings is 1. The van der Waals surface area contributed by atoms with Crippen molar-refractivity contribution in [2.45, 2.75) is 31.5 Å². The molecule has 2 aliphatic rings. The molecule has 1 aromatic carbocycles. The van der Waals surface area contributed by atoms with Crippen LogP contribution in [0.15, 0.2) is 29.2 Å². The van der Waals surface area contributed by atoms with Crippen molar-refractivity contribution in [2.24, 2.45) is 16.7 Å². The summed E-state index contributed by atoms with van der Waals surface area (Å²) in [4.78, 5) is -0.203. The summed E-state index contributed by atoms with van der Waals surface area (Å²) in [6.45, 7) is 5.30. The Hall–Kier alpha value is -1.32. The van der Waals surface area contributed by atoms with Crippen LogP contribution >= 0.6 is 0 Å². The maximum Gasteiger partial charge on any atom is 0.573 e. The van der Waals surface area contributed by atoms with Crippen LogP contribution in [0.5, 0.6) is 5.75 Å². The zero-order valence-electron chi connectivity index (χ0n) is 14.8. The van der Waals surface area contributed by atoms with Crippen molar-refractivity contribution in [3.8, 4) is 5.75 Å². The van der Waals surface area contributed by atoms with Crippen molar-refractivity contribution >= 4 is 10.0 Å². The van der Waals surface area contributed by atoms with Gasteiger partial charge in [0.15, 0.2) is 0 Å². The van der Waals surface area contributed by atoms with Crippen LogP contribution < -0.4 is 4.74 Å². The predicted molar refractivity (Wildman–Crippen MR) is 88.1 cm³/mol. The minimum absolute atomic E-state index is 0.00401. The van der Waals surface area contributed by atoms with Crippen LogP contribution in [0, 0.1) is 16.7 Å². The zero-order valence-corrected chi connectivity index (χ0v) is 15.7. The molecule has 146 valence electrons. The zero-order chi connectivity index (χ0) is 19.4. The van der Waals surface area contributed by atoms with Gasteiger partial charge in [0.05, 0.1) is 11.5 Å². The van der Waals surface area contributed by atoms with E-state index in [0.717, 1.165) is 18.6 Å². The van der Waals surface area contributed by atoms with E-state index in [-0.39, 0.29) is 21.6 Å². The average molecular weight is 393 g/mol. The van der Waals surface area contributed by atoms with Gasteiger partial charge in [0.25, 0.3) is 0 Å². The van der Waals surface area contributed by atoms with Gasteiger partial charge in [-0.25, -0.2) is 8.42 Å². The van der Waals surface area contributed by atoms with Gasteiger partial charge >= 0.3 is 6.36 Å². The number of rotatable bonds is 5. The lowest BCUT2D eigenvalue weighted by molar-refractivity contribution is -0.274. The minimum Gasteiger partial charge on any atom is -0.406 e. The van der Waals surface area contributed by atoms with E-state index in [1.165, 1.54) is 16.4 Å². The number of methoxy groups -OCH3 is 1. The molecule has 0 unspecified atom stereocenters. The minimum atomic E-state index is -4.87. The van der Waals surface area contributed by atoms with Gasteiger partial charge in [0.2, 0.25) is 10.0 Å². The van der Waals surface area contributed by atoms with Gasteiger partial charge in [-0.1, -0.05) is 19.9 Å². The van der Waals surface area contributed by atoms with Crippen molar-refractivity contribution in [3.63, 3.8) is 0 Å². The quantitative estimate of drug-likeness (QED) is 0.771. The normalized spacial score (nSPS) is 28.5. The van der Waals surface area contributed by atoms with Crippen LogP contribution in [0.25, 0.3) is 0 Å². The van der Waals surface area contributed by atoms with Crippen LogP contribution in [0.3, 0.4) is 0 Å². The first-order chi connectivity index (χ1) is 11.9. The molecule has 0 bridgehead atoms. The lowest BCUT2D eigenvalue weighted by Crippen LogP contribution is -2.55. The average Bonchev–Trinajstić information content (AvgIpc) is 2.81. The van der Waals surface area contributed by atoms with Gasteiger partial charge in [-0.3, -0.25) is 0 Å². The third-order valence-electron chi connectivity index (χ3n) is 5.48. The highest BCUT2D eigenvalue weighted by molar-refractivity contribution is 7.89. The van der Waals surface area contributed by atoms with Gasteiger partial charge in [-0.15, -0.1) is 13.2 Å². The molecular weight excluding hydrogens is 371 g/mol. The van der Waals surface area contributed by atoms with Crippen LogP contribution in [-0.2, 0) is 14.8 Å². The molecule has 1 heterocycles. The van der Waals surface area contributed by atoms with E-state index < -0.39 is 22.1 Å². The first-order valence-corrected chi connectivity index (χ1v) is 9.69. The number of fused-ring (bicyclic) bond motifs is 1. The van der Waals surface area contributed by atoms with E-state index >= 15 is 0 Å². The molecule has 5 nitrogen and oxygen atoms in total. The fourth-order valence-electron chi connectivity index (χ4n) is 4.73. The molecule has 1 saturated heterocycles. The first-order valence-electron chi connectivity index (χ1n) is 8.25. The highest BCUT2D eigenvalue weighted by Crippen LogP contribution is 2.63. The number of ether oxygens (including phenoxy) is 2. The topological polar surface area (TPSA) is 55.8 Å². The van der Waals surface area contributed by atoms with Crippen molar-refractivity contribution in [3.05, 3.63) is 24.3 Å². The number of alkyl halides is 3. The molecule has 0 aromatic heterocycles. The number of hydrogen-bond donors (Lipinski definition) is 0. The molecule has 0 amide bonds. The van der Waals surface area contributed by atoms with Crippen molar-refractivity contribution < 1.29 is 31.1 Å². The fourth-order valence-corrected chi connectivity index (χ4v) is 6.31.